The first-order chi connectivity index (χ1) is 12.1. The van der Waals surface area contributed by atoms with E-state index >= 15 is 0 Å². The van der Waals surface area contributed by atoms with Crippen molar-refractivity contribution < 1.29 is 9.90 Å². The first-order valence-corrected chi connectivity index (χ1v) is 10.3. The molecule has 1 aliphatic heterocycles. The molecule has 2 aromatic rings. The topological polar surface area (TPSA) is 52.6 Å². The summed E-state index contributed by atoms with van der Waals surface area (Å²) in [5, 5.41) is 16.8. The standard InChI is InChI=1S/C19H24N2O2S2/c1-13-5-10-24-17(13)15(18-14(2)6-11-25-18)4-3-8-21-9-7-20-12-16(21)19(22)23/h4-6,10-11,16,20H,3,7-9,12H2,1-2H3,(H,22,23). The molecule has 2 N–H and O–H groups in total. The van der Waals surface area contributed by atoms with Crippen LogP contribution in [0.15, 0.2) is 29.0 Å². The minimum absolute atomic E-state index is 0.419. The number of nitrogens with zero attached hydrogens (tertiary/aromatic N) is 1. The van der Waals surface area contributed by atoms with Crippen molar-refractivity contribution in [3.05, 3.63) is 49.9 Å². The van der Waals surface area contributed by atoms with Crippen molar-refractivity contribution in [2.45, 2.75) is 26.3 Å². The quantitative estimate of drug-likeness (QED) is 0.809. The van der Waals surface area contributed by atoms with Crippen molar-refractivity contribution >= 4 is 34.2 Å². The van der Waals surface area contributed by atoms with Crippen LogP contribution in [0.3, 0.4) is 0 Å². The average Bonchev–Trinajstić information content (AvgIpc) is 3.21. The van der Waals surface area contributed by atoms with E-state index in [0.29, 0.717) is 6.54 Å². The number of carboxylic acids is 1. The SMILES string of the molecule is Cc1ccsc1C(=CCCN1CCNCC1C(=O)O)c1sccc1C. The van der Waals surface area contributed by atoms with Gasteiger partial charge in [0.15, 0.2) is 0 Å². The van der Waals surface area contributed by atoms with Gasteiger partial charge in [-0.3, -0.25) is 9.69 Å². The van der Waals surface area contributed by atoms with Gasteiger partial charge in [0.25, 0.3) is 0 Å². The summed E-state index contributed by atoms with van der Waals surface area (Å²) in [5.74, 6) is -0.736. The summed E-state index contributed by atoms with van der Waals surface area (Å²) in [6.45, 7) is 7.25. The summed E-state index contributed by atoms with van der Waals surface area (Å²) >= 11 is 3.55. The van der Waals surface area contributed by atoms with Crippen LogP contribution in [0.4, 0.5) is 0 Å². The molecule has 1 aliphatic rings. The van der Waals surface area contributed by atoms with Crippen LogP contribution in [-0.2, 0) is 4.79 Å². The molecule has 3 heterocycles. The third-order valence-corrected chi connectivity index (χ3v) is 6.72. The monoisotopic (exact) mass is 376 g/mol. The molecule has 3 rings (SSSR count). The maximum absolute atomic E-state index is 11.4. The van der Waals surface area contributed by atoms with Crippen molar-refractivity contribution in [2.24, 2.45) is 0 Å². The van der Waals surface area contributed by atoms with E-state index in [-0.39, 0.29) is 0 Å². The van der Waals surface area contributed by atoms with Gasteiger partial charge in [0, 0.05) is 41.5 Å². The van der Waals surface area contributed by atoms with Crippen LogP contribution in [0.5, 0.6) is 0 Å². The molecular formula is C19H24N2O2S2. The van der Waals surface area contributed by atoms with E-state index in [1.165, 1.54) is 26.5 Å². The Labute approximate surface area is 156 Å². The lowest BCUT2D eigenvalue weighted by molar-refractivity contribution is -0.143. The number of aliphatic carboxylic acids is 1. The van der Waals surface area contributed by atoms with Crippen LogP contribution >= 0.6 is 22.7 Å². The van der Waals surface area contributed by atoms with Gasteiger partial charge in [-0.15, -0.1) is 22.7 Å². The van der Waals surface area contributed by atoms with Gasteiger partial charge < -0.3 is 10.4 Å². The maximum Gasteiger partial charge on any atom is 0.322 e. The van der Waals surface area contributed by atoms with Crippen LogP contribution in [0.2, 0.25) is 0 Å². The highest BCUT2D eigenvalue weighted by molar-refractivity contribution is 7.14. The fourth-order valence-electron chi connectivity index (χ4n) is 3.22. The Morgan fingerprint density at radius 1 is 1.28 bits per heavy atom. The van der Waals surface area contributed by atoms with Gasteiger partial charge in [0.2, 0.25) is 0 Å². The van der Waals surface area contributed by atoms with Crippen LogP contribution in [-0.4, -0.2) is 48.2 Å². The van der Waals surface area contributed by atoms with Crippen molar-refractivity contribution in [3.8, 4) is 0 Å². The van der Waals surface area contributed by atoms with Gasteiger partial charge in [0.1, 0.15) is 6.04 Å². The molecule has 0 saturated carbocycles. The lowest BCUT2D eigenvalue weighted by Gasteiger charge is -2.33. The van der Waals surface area contributed by atoms with E-state index in [0.717, 1.165) is 26.1 Å². The van der Waals surface area contributed by atoms with Crippen molar-refractivity contribution in [1.82, 2.24) is 10.2 Å². The number of nitrogens with one attached hydrogen (secondary N) is 1. The Bertz CT molecular complexity index is 721. The minimum atomic E-state index is -0.736. The first kappa shape index (κ1) is 18.3. The smallest absolute Gasteiger partial charge is 0.322 e. The van der Waals surface area contributed by atoms with Gasteiger partial charge in [-0.2, -0.15) is 0 Å². The number of hydrogen-bond donors (Lipinski definition) is 2. The van der Waals surface area contributed by atoms with Gasteiger partial charge in [0.05, 0.1) is 0 Å². The Balaban J connectivity index is 1.79. The lowest BCUT2D eigenvalue weighted by atomic mass is 10.0. The second-order valence-electron chi connectivity index (χ2n) is 6.37. The average molecular weight is 377 g/mol. The number of carboxylic acid groups (broad SMARTS) is 1. The third kappa shape index (κ3) is 4.20. The zero-order valence-electron chi connectivity index (χ0n) is 14.6. The van der Waals surface area contributed by atoms with Crippen LogP contribution < -0.4 is 5.32 Å². The second kappa shape index (κ2) is 8.27. The molecule has 0 spiro atoms. The number of aryl methyl sites for hydroxylation is 2. The molecular weight excluding hydrogens is 352 g/mol. The Hall–Kier alpha value is -1.47. The number of piperazine rings is 1. The van der Waals surface area contributed by atoms with E-state index in [1.807, 2.05) is 0 Å². The normalized spacial score (nSPS) is 18.2. The molecule has 0 aromatic carbocycles. The molecule has 6 heteroatoms. The molecule has 0 amide bonds. The van der Waals surface area contributed by atoms with Crippen LogP contribution in [0.1, 0.15) is 27.3 Å². The molecule has 0 radical (unpaired) electrons. The zero-order valence-corrected chi connectivity index (χ0v) is 16.3. The fraction of sp³-hybridized carbons (Fsp3) is 0.421. The zero-order chi connectivity index (χ0) is 17.8. The second-order valence-corrected chi connectivity index (χ2v) is 8.20. The summed E-state index contributed by atoms with van der Waals surface area (Å²) in [4.78, 5) is 16.1. The largest absolute Gasteiger partial charge is 0.480 e. The molecule has 1 fully saturated rings. The van der Waals surface area contributed by atoms with E-state index in [1.54, 1.807) is 22.7 Å². The number of carbonyl (C=O) groups is 1. The molecule has 0 aliphatic carbocycles. The van der Waals surface area contributed by atoms with E-state index in [4.69, 9.17) is 0 Å². The van der Waals surface area contributed by atoms with Gasteiger partial charge >= 0.3 is 5.97 Å². The number of thiophene rings is 2. The highest BCUT2D eigenvalue weighted by atomic mass is 32.1. The van der Waals surface area contributed by atoms with Crippen LogP contribution in [0.25, 0.3) is 5.57 Å². The minimum Gasteiger partial charge on any atom is -0.480 e. The van der Waals surface area contributed by atoms with E-state index < -0.39 is 12.0 Å². The first-order valence-electron chi connectivity index (χ1n) is 8.54. The Kier molecular flexibility index (Phi) is 6.06. The highest BCUT2D eigenvalue weighted by Gasteiger charge is 2.27. The Morgan fingerprint density at radius 3 is 2.44 bits per heavy atom. The maximum atomic E-state index is 11.4. The van der Waals surface area contributed by atoms with Crippen molar-refractivity contribution in [2.75, 3.05) is 26.2 Å². The summed E-state index contributed by atoms with van der Waals surface area (Å²) in [6.07, 6.45) is 3.15. The predicted octanol–water partition coefficient (Wildman–Crippen LogP) is 3.61. The molecule has 0 bridgehead atoms. The van der Waals surface area contributed by atoms with Gasteiger partial charge in [-0.25, -0.2) is 0 Å². The molecule has 1 saturated heterocycles. The summed E-state index contributed by atoms with van der Waals surface area (Å²) in [6, 6.07) is 3.90. The molecule has 2 aromatic heterocycles. The Morgan fingerprint density at radius 2 is 1.92 bits per heavy atom. The summed E-state index contributed by atoms with van der Waals surface area (Å²) in [5.41, 5.74) is 3.89. The molecule has 1 atom stereocenters. The van der Waals surface area contributed by atoms with Gasteiger partial charge in [-0.1, -0.05) is 6.08 Å². The highest BCUT2D eigenvalue weighted by Crippen LogP contribution is 2.35. The van der Waals surface area contributed by atoms with Crippen LogP contribution in [0, 0.1) is 13.8 Å². The van der Waals surface area contributed by atoms with E-state index in [9.17, 15) is 9.90 Å². The van der Waals surface area contributed by atoms with E-state index in [2.05, 4.69) is 53.0 Å². The third-order valence-electron chi connectivity index (χ3n) is 4.62. The predicted molar refractivity (Wildman–Crippen MR) is 106 cm³/mol. The fourth-order valence-corrected chi connectivity index (χ4v) is 5.23. The molecule has 25 heavy (non-hydrogen) atoms. The molecule has 4 nitrogen and oxygen atoms in total. The van der Waals surface area contributed by atoms with Crippen molar-refractivity contribution in [1.29, 1.82) is 0 Å². The number of rotatable bonds is 6. The molecule has 134 valence electrons. The van der Waals surface area contributed by atoms with Crippen molar-refractivity contribution in [3.63, 3.8) is 0 Å². The summed E-state index contributed by atoms with van der Waals surface area (Å²) in [7, 11) is 0. The number of hydrogen-bond acceptors (Lipinski definition) is 5. The lowest BCUT2D eigenvalue weighted by Crippen LogP contribution is -2.54. The summed E-state index contributed by atoms with van der Waals surface area (Å²) < 4.78 is 0. The van der Waals surface area contributed by atoms with Gasteiger partial charge in [-0.05, 0) is 54.3 Å². The molecule has 1 unspecified atom stereocenters.